The van der Waals surface area contributed by atoms with Gasteiger partial charge in [-0.3, -0.25) is 4.79 Å². The summed E-state index contributed by atoms with van der Waals surface area (Å²) in [5.74, 6) is 1.50. The van der Waals surface area contributed by atoms with Crippen molar-refractivity contribution in [2.45, 2.75) is 44.6 Å². The summed E-state index contributed by atoms with van der Waals surface area (Å²) >= 11 is 0. The molecule has 1 saturated carbocycles. The van der Waals surface area contributed by atoms with Gasteiger partial charge in [-0.1, -0.05) is 5.16 Å². The molecule has 2 aliphatic rings. The maximum Gasteiger partial charge on any atom is 0.292 e. The van der Waals surface area contributed by atoms with Gasteiger partial charge in [0, 0.05) is 18.5 Å². The molecule has 2 aromatic rings. The first-order valence-corrected chi connectivity index (χ1v) is 7.41. The van der Waals surface area contributed by atoms with Crippen molar-refractivity contribution in [1.29, 1.82) is 0 Å². The number of oxazole rings is 1. The number of carbonyl (C=O) groups is 1. The van der Waals surface area contributed by atoms with Gasteiger partial charge in [-0.25, -0.2) is 4.98 Å². The van der Waals surface area contributed by atoms with Gasteiger partial charge in [0.15, 0.2) is 6.39 Å². The average molecular weight is 287 g/mol. The molecule has 0 spiro atoms. The quantitative estimate of drug-likeness (QED) is 0.868. The molecule has 1 aliphatic carbocycles. The third kappa shape index (κ3) is 2.14. The summed E-state index contributed by atoms with van der Waals surface area (Å²) in [5.41, 5.74) is 1.65. The fraction of sp³-hybridized carbons (Fsp3) is 0.533. The Labute approximate surface area is 122 Å². The molecule has 0 radical (unpaired) electrons. The average Bonchev–Trinajstić information content (AvgIpc) is 2.94. The van der Waals surface area contributed by atoms with Crippen LogP contribution in [-0.2, 0) is 0 Å². The summed E-state index contributed by atoms with van der Waals surface area (Å²) in [6, 6.07) is 1.88. The van der Waals surface area contributed by atoms with Crippen LogP contribution >= 0.6 is 0 Å². The molecule has 110 valence electrons. The summed E-state index contributed by atoms with van der Waals surface area (Å²) in [6.45, 7) is 2.58. The SMILES string of the molecule is Cc1cc(C2CCCN2C(=O)c2ocnc2C2CC2)no1. The molecule has 1 unspecified atom stereocenters. The van der Waals surface area contributed by atoms with Gasteiger partial charge >= 0.3 is 0 Å². The smallest absolute Gasteiger partial charge is 0.292 e. The first-order valence-electron chi connectivity index (χ1n) is 7.41. The summed E-state index contributed by atoms with van der Waals surface area (Å²) in [5, 5.41) is 4.07. The highest BCUT2D eigenvalue weighted by Gasteiger charge is 2.38. The molecule has 1 aliphatic heterocycles. The fourth-order valence-electron chi connectivity index (χ4n) is 3.05. The number of hydrogen-bond donors (Lipinski definition) is 0. The zero-order valence-electron chi connectivity index (χ0n) is 11.9. The van der Waals surface area contributed by atoms with Gasteiger partial charge in [0.2, 0.25) is 5.76 Å². The second-order valence-electron chi connectivity index (χ2n) is 5.86. The first kappa shape index (κ1) is 12.6. The molecule has 1 saturated heterocycles. The maximum atomic E-state index is 12.8. The molecular weight excluding hydrogens is 270 g/mol. The van der Waals surface area contributed by atoms with Crippen LogP contribution in [0.25, 0.3) is 0 Å². The second-order valence-corrected chi connectivity index (χ2v) is 5.86. The van der Waals surface area contributed by atoms with E-state index in [1.807, 2.05) is 17.9 Å². The van der Waals surface area contributed by atoms with Crippen molar-refractivity contribution in [3.8, 4) is 0 Å². The Bertz CT molecular complexity index is 671. The van der Waals surface area contributed by atoms with Gasteiger partial charge in [-0.05, 0) is 32.6 Å². The molecule has 1 amide bonds. The third-order valence-corrected chi connectivity index (χ3v) is 4.25. The molecule has 2 fully saturated rings. The van der Waals surface area contributed by atoms with Crippen molar-refractivity contribution >= 4 is 5.91 Å². The molecular formula is C15H17N3O3. The van der Waals surface area contributed by atoms with Crippen LogP contribution in [0.2, 0.25) is 0 Å². The van der Waals surface area contributed by atoms with Crippen molar-refractivity contribution in [1.82, 2.24) is 15.0 Å². The van der Waals surface area contributed by atoms with Crippen LogP contribution in [0.5, 0.6) is 0 Å². The predicted octanol–water partition coefficient (Wildman–Crippen LogP) is 2.83. The van der Waals surface area contributed by atoms with Crippen LogP contribution in [0.1, 0.15) is 65.3 Å². The molecule has 3 heterocycles. The number of likely N-dealkylation sites (tertiary alicyclic amines) is 1. The number of hydrogen-bond acceptors (Lipinski definition) is 5. The van der Waals surface area contributed by atoms with Crippen LogP contribution in [0, 0.1) is 6.92 Å². The van der Waals surface area contributed by atoms with Crippen LogP contribution in [0.15, 0.2) is 21.4 Å². The monoisotopic (exact) mass is 287 g/mol. The number of aryl methyl sites for hydroxylation is 1. The topological polar surface area (TPSA) is 72.4 Å². The lowest BCUT2D eigenvalue weighted by molar-refractivity contribution is 0.0697. The van der Waals surface area contributed by atoms with Gasteiger partial charge in [-0.2, -0.15) is 0 Å². The molecule has 21 heavy (non-hydrogen) atoms. The van der Waals surface area contributed by atoms with Crippen molar-refractivity contribution < 1.29 is 13.7 Å². The minimum atomic E-state index is -0.0717. The van der Waals surface area contributed by atoms with E-state index in [1.54, 1.807) is 0 Å². The zero-order valence-corrected chi connectivity index (χ0v) is 11.9. The lowest BCUT2D eigenvalue weighted by Crippen LogP contribution is -2.31. The van der Waals surface area contributed by atoms with Crippen molar-refractivity contribution in [3.63, 3.8) is 0 Å². The maximum absolute atomic E-state index is 12.8. The van der Waals surface area contributed by atoms with Crippen LogP contribution in [-0.4, -0.2) is 27.5 Å². The minimum Gasteiger partial charge on any atom is -0.438 e. The van der Waals surface area contributed by atoms with E-state index in [0.29, 0.717) is 11.7 Å². The number of carbonyl (C=O) groups excluding carboxylic acids is 1. The zero-order chi connectivity index (χ0) is 14.4. The molecule has 1 atom stereocenters. The van der Waals surface area contributed by atoms with E-state index in [2.05, 4.69) is 10.1 Å². The second kappa shape index (κ2) is 4.72. The lowest BCUT2D eigenvalue weighted by atomic mass is 10.1. The molecule has 2 aromatic heterocycles. The Morgan fingerprint density at radius 3 is 2.95 bits per heavy atom. The Kier molecular flexibility index (Phi) is 2.83. The Hall–Kier alpha value is -2.11. The minimum absolute atomic E-state index is 0.0212. The van der Waals surface area contributed by atoms with E-state index in [9.17, 15) is 4.79 Å². The first-order chi connectivity index (χ1) is 10.2. The predicted molar refractivity (Wildman–Crippen MR) is 72.7 cm³/mol. The fourth-order valence-corrected chi connectivity index (χ4v) is 3.05. The highest BCUT2D eigenvalue weighted by Crippen LogP contribution is 2.42. The van der Waals surface area contributed by atoms with Gasteiger partial charge in [0.1, 0.15) is 11.5 Å². The van der Waals surface area contributed by atoms with E-state index in [0.717, 1.165) is 49.4 Å². The molecule has 0 aromatic carbocycles. The van der Waals surface area contributed by atoms with Gasteiger partial charge in [0.25, 0.3) is 5.91 Å². The van der Waals surface area contributed by atoms with E-state index in [1.165, 1.54) is 6.39 Å². The molecule has 0 bridgehead atoms. The van der Waals surface area contributed by atoms with Gasteiger partial charge in [0.05, 0.1) is 11.7 Å². The van der Waals surface area contributed by atoms with E-state index >= 15 is 0 Å². The van der Waals surface area contributed by atoms with Crippen LogP contribution in [0.4, 0.5) is 0 Å². The van der Waals surface area contributed by atoms with E-state index in [-0.39, 0.29) is 11.9 Å². The highest BCUT2D eigenvalue weighted by molar-refractivity contribution is 5.93. The normalized spacial score (nSPS) is 22.0. The van der Waals surface area contributed by atoms with Crippen LogP contribution < -0.4 is 0 Å². The summed E-state index contributed by atoms with van der Waals surface area (Å²) < 4.78 is 10.5. The van der Waals surface area contributed by atoms with E-state index < -0.39 is 0 Å². The number of nitrogens with zero attached hydrogens (tertiary/aromatic N) is 3. The third-order valence-electron chi connectivity index (χ3n) is 4.25. The molecule has 4 rings (SSSR count). The summed E-state index contributed by atoms with van der Waals surface area (Å²) in [4.78, 5) is 18.8. The molecule has 6 heteroatoms. The Morgan fingerprint density at radius 2 is 2.24 bits per heavy atom. The number of amides is 1. The molecule has 0 N–H and O–H groups in total. The largest absolute Gasteiger partial charge is 0.438 e. The standard InChI is InChI=1S/C15H17N3O3/c1-9-7-11(17-21-9)12-3-2-6-18(12)15(19)14-13(10-4-5-10)16-8-20-14/h7-8,10,12H,2-6H2,1H3. The Balaban J connectivity index is 1.62. The summed E-state index contributed by atoms with van der Waals surface area (Å²) in [7, 11) is 0. The Morgan fingerprint density at radius 1 is 1.38 bits per heavy atom. The summed E-state index contributed by atoms with van der Waals surface area (Å²) in [6.07, 6.45) is 5.45. The van der Waals surface area contributed by atoms with Crippen molar-refractivity contribution in [2.24, 2.45) is 0 Å². The lowest BCUT2D eigenvalue weighted by Gasteiger charge is -2.22. The molecule has 6 nitrogen and oxygen atoms in total. The van der Waals surface area contributed by atoms with Crippen LogP contribution in [0.3, 0.4) is 0 Å². The van der Waals surface area contributed by atoms with E-state index in [4.69, 9.17) is 8.94 Å². The number of rotatable bonds is 3. The number of aromatic nitrogens is 2. The van der Waals surface area contributed by atoms with Crippen molar-refractivity contribution in [3.05, 3.63) is 35.4 Å². The highest BCUT2D eigenvalue weighted by atomic mass is 16.5. The van der Waals surface area contributed by atoms with Crippen molar-refractivity contribution in [2.75, 3.05) is 6.54 Å². The van der Waals surface area contributed by atoms with Gasteiger partial charge < -0.3 is 13.8 Å². The van der Waals surface area contributed by atoms with Gasteiger partial charge in [-0.15, -0.1) is 0 Å².